The van der Waals surface area contributed by atoms with Crippen LogP contribution in [-0.4, -0.2) is 58.8 Å². The van der Waals surface area contributed by atoms with Crippen molar-refractivity contribution in [1.29, 1.82) is 0 Å². The average molecular weight is 512 g/mol. The molecule has 2 aromatic carbocycles. The van der Waals surface area contributed by atoms with Gasteiger partial charge < -0.3 is 25.0 Å². The van der Waals surface area contributed by atoms with Crippen LogP contribution in [0.4, 0.5) is 0 Å². The van der Waals surface area contributed by atoms with Crippen LogP contribution in [0.15, 0.2) is 53.5 Å². The number of guanidine groups is 1. The molecule has 0 heterocycles. The second kappa shape index (κ2) is 14.1. The first kappa shape index (κ1) is 25.0. The number of hydrogen-bond donors (Lipinski definition) is 2. The molecule has 0 radical (unpaired) electrons. The third-order valence-electron chi connectivity index (χ3n) is 4.30. The van der Waals surface area contributed by atoms with E-state index >= 15 is 0 Å². The SMILES string of the molecule is CN=C(NCCc1ccc(OC)cc1)NCc1ccccc1OCCN(C)C.I. The second-order valence-corrected chi connectivity index (χ2v) is 6.71. The van der Waals surface area contributed by atoms with Crippen LogP contribution in [-0.2, 0) is 13.0 Å². The molecule has 0 aliphatic carbocycles. The van der Waals surface area contributed by atoms with Gasteiger partial charge in [-0.05, 0) is 44.3 Å². The van der Waals surface area contributed by atoms with Gasteiger partial charge in [-0.15, -0.1) is 24.0 Å². The molecule has 0 amide bonds. The summed E-state index contributed by atoms with van der Waals surface area (Å²) in [5.74, 6) is 2.56. The summed E-state index contributed by atoms with van der Waals surface area (Å²) in [6, 6.07) is 16.2. The van der Waals surface area contributed by atoms with Gasteiger partial charge in [-0.1, -0.05) is 30.3 Å². The van der Waals surface area contributed by atoms with Crippen LogP contribution < -0.4 is 20.1 Å². The molecule has 29 heavy (non-hydrogen) atoms. The molecule has 0 unspecified atom stereocenters. The van der Waals surface area contributed by atoms with Crippen LogP contribution >= 0.6 is 24.0 Å². The number of hydrogen-bond acceptors (Lipinski definition) is 4. The highest BCUT2D eigenvalue weighted by molar-refractivity contribution is 14.0. The number of rotatable bonds is 10. The predicted octanol–water partition coefficient (Wildman–Crippen LogP) is 3.16. The van der Waals surface area contributed by atoms with Crippen molar-refractivity contribution < 1.29 is 9.47 Å². The highest BCUT2D eigenvalue weighted by atomic mass is 127. The molecule has 2 rings (SSSR count). The second-order valence-electron chi connectivity index (χ2n) is 6.71. The first-order chi connectivity index (χ1) is 13.6. The molecule has 0 spiro atoms. The van der Waals surface area contributed by atoms with Crippen molar-refractivity contribution in [3.8, 4) is 11.5 Å². The van der Waals surface area contributed by atoms with E-state index in [1.165, 1.54) is 5.56 Å². The van der Waals surface area contributed by atoms with Gasteiger partial charge in [-0.3, -0.25) is 4.99 Å². The van der Waals surface area contributed by atoms with Gasteiger partial charge >= 0.3 is 0 Å². The van der Waals surface area contributed by atoms with E-state index in [1.807, 2.05) is 44.4 Å². The van der Waals surface area contributed by atoms with Crippen LogP contribution in [0, 0.1) is 0 Å². The molecule has 2 aromatic rings. The zero-order chi connectivity index (χ0) is 20.2. The fraction of sp³-hybridized carbons (Fsp3) is 0.409. The molecule has 6 nitrogen and oxygen atoms in total. The number of likely N-dealkylation sites (N-methyl/N-ethyl adjacent to an activating group) is 1. The van der Waals surface area contributed by atoms with Crippen molar-refractivity contribution in [1.82, 2.24) is 15.5 Å². The van der Waals surface area contributed by atoms with Crippen LogP contribution in [0.1, 0.15) is 11.1 Å². The van der Waals surface area contributed by atoms with Crippen molar-refractivity contribution in [2.75, 3.05) is 47.9 Å². The van der Waals surface area contributed by atoms with Crippen LogP contribution in [0.5, 0.6) is 11.5 Å². The smallest absolute Gasteiger partial charge is 0.191 e. The van der Waals surface area contributed by atoms with E-state index in [2.05, 4.69) is 38.7 Å². The first-order valence-corrected chi connectivity index (χ1v) is 9.55. The minimum atomic E-state index is 0. The van der Waals surface area contributed by atoms with E-state index in [0.29, 0.717) is 13.2 Å². The molecule has 0 saturated heterocycles. The van der Waals surface area contributed by atoms with Crippen LogP contribution in [0.2, 0.25) is 0 Å². The molecule has 0 aromatic heterocycles. The lowest BCUT2D eigenvalue weighted by Gasteiger charge is -2.16. The third-order valence-corrected chi connectivity index (χ3v) is 4.30. The van der Waals surface area contributed by atoms with Gasteiger partial charge in [0.2, 0.25) is 0 Å². The monoisotopic (exact) mass is 512 g/mol. The van der Waals surface area contributed by atoms with Crippen molar-refractivity contribution in [3.05, 3.63) is 59.7 Å². The number of methoxy groups -OCH3 is 1. The van der Waals surface area contributed by atoms with E-state index < -0.39 is 0 Å². The number of benzene rings is 2. The van der Waals surface area contributed by atoms with Crippen molar-refractivity contribution in [2.45, 2.75) is 13.0 Å². The highest BCUT2D eigenvalue weighted by Crippen LogP contribution is 2.17. The maximum atomic E-state index is 5.92. The molecule has 0 atom stereocenters. The predicted molar refractivity (Wildman–Crippen MR) is 131 cm³/mol. The summed E-state index contributed by atoms with van der Waals surface area (Å²) < 4.78 is 11.1. The Morgan fingerprint density at radius 3 is 2.41 bits per heavy atom. The number of nitrogens with one attached hydrogen (secondary N) is 2. The van der Waals surface area contributed by atoms with Gasteiger partial charge in [-0.2, -0.15) is 0 Å². The van der Waals surface area contributed by atoms with Gasteiger partial charge in [0.25, 0.3) is 0 Å². The fourth-order valence-electron chi connectivity index (χ4n) is 2.65. The summed E-state index contributed by atoms with van der Waals surface area (Å²) in [5, 5.41) is 6.71. The summed E-state index contributed by atoms with van der Waals surface area (Å²) in [6.07, 6.45) is 0.912. The minimum absolute atomic E-state index is 0. The highest BCUT2D eigenvalue weighted by Gasteiger charge is 2.05. The molecule has 160 valence electrons. The van der Waals surface area contributed by atoms with Gasteiger partial charge in [0, 0.05) is 32.2 Å². The lowest BCUT2D eigenvalue weighted by Crippen LogP contribution is -2.38. The van der Waals surface area contributed by atoms with E-state index in [4.69, 9.17) is 9.47 Å². The summed E-state index contributed by atoms with van der Waals surface area (Å²) in [7, 11) is 7.54. The topological polar surface area (TPSA) is 58.1 Å². The summed E-state index contributed by atoms with van der Waals surface area (Å²) in [4.78, 5) is 6.41. The van der Waals surface area contributed by atoms with Crippen molar-refractivity contribution in [2.24, 2.45) is 4.99 Å². The fourth-order valence-corrected chi connectivity index (χ4v) is 2.65. The maximum absolute atomic E-state index is 5.92. The quantitative estimate of drug-likeness (QED) is 0.291. The Balaban J connectivity index is 0.00000420. The minimum Gasteiger partial charge on any atom is -0.497 e. The number of aliphatic imine (C=N–C) groups is 1. The van der Waals surface area contributed by atoms with Crippen LogP contribution in [0.25, 0.3) is 0 Å². The average Bonchev–Trinajstić information content (AvgIpc) is 2.71. The molecule has 0 saturated carbocycles. The summed E-state index contributed by atoms with van der Waals surface area (Å²) in [5.41, 5.74) is 2.36. The Morgan fingerprint density at radius 1 is 1.03 bits per heavy atom. The van der Waals surface area contributed by atoms with E-state index in [-0.39, 0.29) is 24.0 Å². The molecule has 2 N–H and O–H groups in total. The standard InChI is InChI=1S/C22H32N4O2.HI/c1-23-22(24-14-13-18-9-11-20(27-4)12-10-18)25-17-19-7-5-6-8-21(19)28-16-15-26(2)3;/h5-12H,13-17H2,1-4H3,(H2,23,24,25);1H. The Bertz CT molecular complexity index is 736. The molecule has 0 bridgehead atoms. The molecule has 0 aliphatic rings. The normalized spacial score (nSPS) is 11.0. The molecular formula is C22H33IN4O2. The van der Waals surface area contributed by atoms with E-state index in [9.17, 15) is 0 Å². The molecule has 7 heteroatoms. The maximum Gasteiger partial charge on any atom is 0.191 e. The van der Waals surface area contributed by atoms with Gasteiger partial charge in [0.1, 0.15) is 18.1 Å². The molecular weight excluding hydrogens is 479 g/mol. The lowest BCUT2D eigenvalue weighted by atomic mass is 10.1. The van der Waals surface area contributed by atoms with E-state index in [0.717, 1.165) is 42.5 Å². The van der Waals surface area contributed by atoms with Crippen LogP contribution in [0.3, 0.4) is 0 Å². The zero-order valence-electron chi connectivity index (χ0n) is 17.8. The van der Waals surface area contributed by atoms with E-state index in [1.54, 1.807) is 14.2 Å². The Morgan fingerprint density at radius 2 is 1.76 bits per heavy atom. The van der Waals surface area contributed by atoms with Gasteiger partial charge in [-0.25, -0.2) is 0 Å². The number of ether oxygens (including phenoxy) is 2. The van der Waals surface area contributed by atoms with Gasteiger partial charge in [0.15, 0.2) is 5.96 Å². The first-order valence-electron chi connectivity index (χ1n) is 9.55. The van der Waals surface area contributed by atoms with Crippen molar-refractivity contribution >= 4 is 29.9 Å². The number of halogens is 1. The largest absolute Gasteiger partial charge is 0.497 e. The third kappa shape index (κ3) is 9.36. The Hall–Kier alpha value is -2.00. The zero-order valence-corrected chi connectivity index (χ0v) is 20.1. The summed E-state index contributed by atoms with van der Waals surface area (Å²) in [6.45, 7) is 3.00. The molecule has 0 fully saturated rings. The number of nitrogens with zero attached hydrogens (tertiary/aromatic N) is 2. The Kier molecular flexibility index (Phi) is 12.1. The molecule has 0 aliphatic heterocycles. The Labute approximate surface area is 191 Å². The van der Waals surface area contributed by atoms with Crippen molar-refractivity contribution in [3.63, 3.8) is 0 Å². The number of para-hydroxylation sites is 1. The summed E-state index contributed by atoms with van der Waals surface area (Å²) >= 11 is 0. The van der Waals surface area contributed by atoms with Gasteiger partial charge in [0.05, 0.1) is 7.11 Å². The lowest BCUT2D eigenvalue weighted by molar-refractivity contribution is 0.259.